The third-order valence-electron chi connectivity index (χ3n) is 4.45. The van der Waals surface area contributed by atoms with Gasteiger partial charge in [0.25, 0.3) is 5.91 Å². The highest BCUT2D eigenvalue weighted by Gasteiger charge is 2.21. The molecule has 128 valence electrons. The van der Waals surface area contributed by atoms with E-state index in [9.17, 15) is 4.79 Å². The van der Waals surface area contributed by atoms with Gasteiger partial charge >= 0.3 is 0 Å². The highest BCUT2D eigenvalue weighted by atomic mass is 16.2. The Labute approximate surface area is 145 Å². The number of carbonyl (C=O) groups is 1. The predicted molar refractivity (Wildman–Crippen MR) is 97.0 cm³/mol. The fraction of sp³-hybridized carbons (Fsp3) is 0.278. The van der Waals surface area contributed by atoms with E-state index in [-0.39, 0.29) is 5.91 Å². The van der Waals surface area contributed by atoms with Crippen LogP contribution >= 0.6 is 0 Å². The van der Waals surface area contributed by atoms with Gasteiger partial charge in [0.15, 0.2) is 0 Å². The molecule has 2 aromatic heterocycles. The van der Waals surface area contributed by atoms with Gasteiger partial charge in [-0.25, -0.2) is 9.97 Å². The molecule has 1 aliphatic rings. The van der Waals surface area contributed by atoms with Crippen LogP contribution in [0.25, 0.3) is 10.9 Å². The summed E-state index contributed by atoms with van der Waals surface area (Å²) in [6, 6.07) is 9.63. The van der Waals surface area contributed by atoms with Crippen LogP contribution in [0.4, 0.5) is 11.6 Å². The second-order valence-electron chi connectivity index (χ2n) is 6.27. The zero-order valence-corrected chi connectivity index (χ0v) is 14.1. The van der Waals surface area contributed by atoms with Crippen LogP contribution < -0.4 is 5.32 Å². The van der Waals surface area contributed by atoms with Gasteiger partial charge in [-0.05, 0) is 19.2 Å². The standard InChI is InChI=1S/C18H20N6O/c1-23-6-8-24(9-7-23)17(25)16-10-14(12-19-16)21-18-20-11-13-4-2-3-5-15(13)22-18/h2-5,10-12,19H,6-9H2,1H3,(H,20,21,22). The van der Waals surface area contributed by atoms with Crippen LogP contribution in [0.1, 0.15) is 10.5 Å². The fourth-order valence-corrected chi connectivity index (χ4v) is 2.93. The molecule has 1 aromatic carbocycles. The van der Waals surface area contributed by atoms with E-state index in [4.69, 9.17) is 0 Å². The summed E-state index contributed by atoms with van der Waals surface area (Å²) in [6.07, 6.45) is 3.55. The number of likely N-dealkylation sites (N-methyl/N-ethyl adjacent to an activating group) is 1. The van der Waals surface area contributed by atoms with Crippen LogP contribution in [-0.4, -0.2) is 63.9 Å². The van der Waals surface area contributed by atoms with Crippen LogP contribution in [-0.2, 0) is 0 Å². The molecule has 3 aromatic rings. The van der Waals surface area contributed by atoms with Gasteiger partial charge in [-0.15, -0.1) is 0 Å². The van der Waals surface area contributed by atoms with Gasteiger partial charge in [0.05, 0.1) is 11.2 Å². The second-order valence-corrected chi connectivity index (χ2v) is 6.27. The maximum Gasteiger partial charge on any atom is 0.270 e. The molecular formula is C18H20N6O. The van der Waals surface area contributed by atoms with Crippen molar-refractivity contribution in [2.24, 2.45) is 0 Å². The van der Waals surface area contributed by atoms with Crippen molar-refractivity contribution in [3.8, 4) is 0 Å². The Hall–Kier alpha value is -2.93. The van der Waals surface area contributed by atoms with E-state index >= 15 is 0 Å². The Bertz CT molecular complexity index is 897. The number of hydrogen-bond donors (Lipinski definition) is 2. The third-order valence-corrected chi connectivity index (χ3v) is 4.45. The molecule has 7 heteroatoms. The molecule has 2 N–H and O–H groups in total. The highest BCUT2D eigenvalue weighted by Crippen LogP contribution is 2.18. The minimum absolute atomic E-state index is 0.0283. The Kier molecular flexibility index (Phi) is 4.07. The summed E-state index contributed by atoms with van der Waals surface area (Å²) in [5.41, 5.74) is 2.23. The number of piperazine rings is 1. The number of para-hydroxylation sites is 1. The number of nitrogens with one attached hydrogen (secondary N) is 2. The molecule has 1 aliphatic heterocycles. The Morgan fingerprint density at radius 2 is 2.00 bits per heavy atom. The number of rotatable bonds is 3. The van der Waals surface area contributed by atoms with Crippen LogP contribution in [0.5, 0.6) is 0 Å². The number of amides is 1. The zero-order valence-electron chi connectivity index (χ0n) is 14.1. The van der Waals surface area contributed by atoms with Gasteiger partial charge < -0.3 is 20.1 Å². The van der Waals surface area contributed by atoms with Crippen molar-refractivity contribution >= 4 is 28.4 Å². The van der Waals surface area contributed by atoms with Gasteiger partial charge in [0, 0.05) is 44.0 Å². The van der Waals surface area contributed by atoms with Gasteiger partial charge in [-0.1, -0.05) is 18.2 Å². The van der Waals surface area contributed by atoms with Crippen molar-refractivity contribution in [1.82, 2.24) is 24.8 Å². The van der Waals surface area contributed by atoms with Gasteiger partial charge in [0.2, 0.25) is 5.95 Å². The molecule has 7 nitrogen and oxygen atoms in total. The Balaban J connectivity index is 1.47. The molecule has 0 unspecified atom stereocenters. The van der Waals surface area contributed by atoms with Crippen molar-refractivity contribution < 1.29 is 4.79 Å². The van der Waals surface area contributed by atoms with E-state index in [1.54, 1.807) is 18.5 Å². The van der Waals surface area contributed by atoms with E-state index in [2.05, 4.69) is 32.2 Å². The van der Waals surface area contributed by atoms with E-state index < -0.39 is 0 Å². The van der Waals surface area contributed by atoms with E-state index in [0.717, 1.165) is 42.8 Å². The number of H-pyrrole nitrogens is 1. The maximum atomic E-state index is 12.6. The van der Waals surface area contributed by atoms with Crippen LogP contribution in [0.2, 0.25) is 0 Å². The summed E-state index contributed by atoms with van der Waals surface area (Å²) in [4.78, 5) is 28.5. The summed E-state index contributed by atoms with van der Waals surface area (Å²) < 4.78 is 0. The number of fused-ring (bicyclic) bond motifs is 1. The van der Waals surface area contributed by atoms with E-state index in [1.807, 2.05) is 29.2 Å². The SMILES string of the molecule is CN1CCN(C(=O)c2cc(Nc3ncc4ccccc4n3)c[nH]2)CC1. The van der Waals surface area contributed by atoms with Crippen molar-refractivity contribution in [1.29, 1.82) is 0 Å². The molecule has 0 aliphatic carbocycles. The molecule has 0 atom stereocenters. The maximum absolute atomic E-state index is 12.6. The normalized spacial score (nSPS) is 15.5. The molecule has 1 amide bonds. The van der Waals surface area contributed by atoms with Gasteiger partial charge in [-0.2, -0.15) is 0 Å². The molecule has 0 saturated carbocycles. The van der Waals surface area contributed by atoms with Crippen LogP contribution in [0, 0.1) is 0 Å². The number of carbonyl (C=O) groups excluding carboxylic acids is 1. The molecule has 1 fully saturated rings. The first-order chi connectivity index (χ1) is 12.2. The molecule has 1 saturated heterocycles. The van der Waals surface area contributed by atoms with E-state index in [0.29, 0.717) is 11.6 Å². The lowest BCUT2D eigenvalue weighted by Crippen LogP contribution is -2.47. The van der Waals surface area contributed by atoms with Gasteiger partial charge in [-0.3, -0.25) is 4.79 Å². The summed E-state index contributed by atoms with van der Waals surface area (Å²) in [5, 5.41) is 4.14. The summed E-state index contributed by atoms with van der Waals surface area (Å²) >= 11 is 0. The minimum atomic E-state index is 0.0283. The number of anilines is 2. The number of benzene rings is 1. The number of aromatic nitrogens is 3. The molecule has 25 heavy (non-hydrogen) atoms. The number of aromatic amines is 1. The molecule has 0 spiro atoms. The third kappa shape index (κ3) is 3.32. The monoisotopic (exact) mass is 336 g/mol. The topological polar surface area (TPSA) is 77.2 Å². The second kappa shape index (κ2) is 6.52. The molecule has 4 rings (SSSR count). The lowest BCUT2D eigenvalue weighted by atomic mass is 10.2. The lowest BCUT2D eigenvalue weighted by molar-refractivity contribution is 0.0659. The molecular weight excluding hydrogens is 316 g/mol. The number of hydrogen-bond acceptors (Lipinski definition) is 5. The fourth-order valence-electron chi connectivity index (χ4n) is 2.93. The average molecular weight is 336 g/mol. The largest absolute Gasteiger partial charge is 0.355 e. The Morgan fingerprint density at radius 3 is 2.84 bits per heavy atom. The first-order valence-electron chi connectivity index (χ1n) is 8.34. The average Bonchev–Trinajstić information content (AvgIpc) is 3.10. The summed E-state index contributed by atoms with van der Waals surface area (Å²) in [6.45, 7) is 3.32. The van der Waals surface area contributed by atoms with Gasteiger partial charge in [0.1, 0.15) is 5.69 Å². The first kappa shape index (κ1) is 15.6. The summed E-state index contributed by atoms with van der Waals surface area (Å²) in [5.74, 6) is 0.539. The van der Waals surface area contributed by atoms with Crippen LogP contribution in [0.15, 0.2) is 42.7 Å². The highest BCUT2D eigenvalue weighted by molar-refractivity contribution is 5.93. The summed E-state index contributed by atoms with van der Waals surface area (Å²) in [7, 11) is 2.07. The lowest BCUT2D eigenvalue weighted by Gasteiger charge is -2.32. The predicted octanol–water partition coefficient (Wildman–Crippen LogP) is 2.09. The minimum Gasteiger partial charge on any atom is -0.355 e. The zero-order chi connectivity index (χ0) is 17.2. The van der Waals surface area contributed by atoms with Crippen molar-refractivity contribution in [3.63, 3.8) is 0 Å². The number of nitrogens with zero attached hydrogens (tertiary/aromatic N) is 4. The quantitative estimate of drug-likeness (QED) is 0.766. The first-order valence-corrected chi connectivity index (χ1v) is 8.34. The molecule has 0 bridgehead atoms. The molecule has 0 radical (unpaired) electrons. The van der Waals surface area contributed by atoms with Crippen LogP contribution in [0.3, 0.4) is 0 Å². The van der Waals surface area contributed by atoms with Crippen molar-refractivity contribution in [2.75, 3.05) is 38.5 Å². The van der Waals surface area contributed by atoms with E-state index in [1.165, 1.54) is 0 Å². The smallest absolute Gasteiger partial charge is 0.270 e. The van der Waals surface area contributed by atoms with Crippen molar-refractivity contribution in [3.05, 3.63) is 48.4 Å². The Morgan fingerprint density at radius 1 is 1.20 bits per heavy atom. The van der Waals surface area contributed by atoms with Crippen molar-refractivity contribution in [2.45, 2.75) is 0 Å². The molecule has 3 heterocycles.